The first kappa shape index (κ1) is 33.3. The van der Waals surface area contributed by atoms with Crippen molar-refractivity contribution < 1.29 is 19.8 Å². The second kappa shape index (κ2) is 22.7. The molecule has 0 amide bonds. The van der Waals surface area contributed by atoms with Crippen LogP contribution in [0.25, 0.3) is 0 Å². The number of rotatable bonds is 15. The van der Waals surface area contributed by atoms with Crippen molar-refractivity contribution in [3.8, 4) is 0 Å². The van der Waals surface area contributed by atoms with E-state index in [1.54, 1.807) is 0 Å². The first-order valence-electron chi connectivity index (χ1n) is 13.4. The highest BCUT2D eigenvalue weighted by molar-refractivity contribution is 5.73. The van der Waals surface area contributed by atoms with Crippen molar-refractivity contribution >= 4 is 11.9 Å². The lowest BCUT2D eigenvalue weighted by atomic mass is 10.1. The van der Waals surface area contributed by atoms with E-state index in [9.17, 15) is 9.59 Å². The molecule has 6 nitrogen and oxygen atoms in total. The van der Waals surface area contributed by atoms with Crippen LogP contribution in [-0.2, 0) is 22.4 Å². The van der Waals surface area contributed by atoms with E-state index in [0.717, 1.165) is 11.1 Å². The van der Waals surface area contributed by atoms with Gasteiger partial charge in [-0.1, -0.05) is 139 Å². The highest BCUT2D eigenvalue weighted by Crippen LogP contribution is 2.10. The molecule has 2 aromatic carbocycles. The van der Waals surface area contributed by atoms with Gasteiger partial charge in [-0.2, -0.15) is 0 Å². The van der Waals surface area contributed by atoms with Crippen molar-refractivity contribution in [2.45, 2.75) is 103 Å². The average molecular weight is 501 g/mol. The molecule has 0 fully saturated rings. The molecule has 0 radical (unpaired) electrons. The standard InChI is InChI=1S/C12H26.2C9H11NO2/c1-3-5-7-9-11-12-10-8-6-4-2;2*10-8(9(11)12)6-7-4-2-1-3-5-7/h3-12H2,1-2H3;2*1-5,8H,6,10H2,(H,11,12)/t;2*8-/m.00/s1. The number of hydrogen-bond donors (Lipinski definition) is 4. The van der Waals surface area contributed by atoms with Gasteiger partial charge in [0.1, 0.15) is 12.1 Å². The maximum Gasteiger partial charge on any atom is 0.320 e. The highest BCUT2D eigenvalue weighted by Gasteiger charge is 2.11. The van der Waals surface area contributed by atoms with Crippen molar-refractivity contribution in [2.24, 2.45) is 11.5 Å². The summed E-state index contributed by atoms with van der Waals surface area (Å²) >= 11 is 0. The Kier molecular flexibility index (Phi) is 21.0. The van der Waals surface area contributed by atoms with Crippen LogP contribution in [0.2, 0.25) is 0 Å². The van der Waals surface area contributed by atoms with Crippen LogP contribution in [0.1, 0.15) is 89.2 Å². The first-order valence-corrected chi connectivity index (χ1v) is 13.4. The largest absolute Gasteiger partial charge is 0.480 e. The zero-order valence-electron chi connectivity index (χ0n) is 22.3. The van der Waals surface area contributed by atoms with E-state index in [-0.39, 0.29) is 0 Å². The van der Waals surface area contributed by atoms with Crippen molar-refractivity contribution in [3.05, 3.63) is 71.8 Å². The van der Waals surface area contributed by atoms with Crippen LogP contribution in [0.4, 0.5) is 0 Å². The molecule has 0 bridgehead atoms. The van der Waals surface area contributed by atoms with Gasteiger partial charge in [0, 0.05) is 0 Å². The Balaban J connectivity index is 0.000000510. The van der Waals surface area contributed by atoms with Crippen LogP contribution in [0, 0.1) is 0 Å². The topological polar surface area (TPSA) is 127 Å². The van der Waals surface area contributed by atoms with Gasteiger partial charge in [0.05, 0.1) is 0 Å². The van der Waals surface area contributed by atoms with Gasteiger partial charge < -0.3 is 21.7 Å². The van der Waals surface area contributed by atoms with E-state index in [2.05, 4.69) is 13.8 Å². The molecule has 2 rings (SSSR count). The van der Waals surface area contributed by atoms with E-state index in [4.69, 9.17) is 21.7 Å². The van der Waals surface area contributed by atoms with Crippen LogP contribution >= 0.6 is 0 Å². The highest BCUT2D eigenvalue weighted by atomic mass is 16.4. The Morgan fingerprint density at radius 1 is 0.583 bits per heavy atom. The van der Waals surface area contributed by atoms with Crippen LogP contribution in [-0.4, -0.2) is 34.2 Å². The third-order valence-electron chi connectivity index (χ3n) is 5.69. The summed E-state index contributed by atoms with van der Waals surface area (Å²) in [7, 11) is 0. The van der Waals surface area contributed by atoms with E-state index in [0.29, 0.717) is 12.8 Å². The molecule has 0 saturated heterocycles. The second-order valence-electron chi connectivity index (χ2n) is 9.10. The van der Waals surface area contributed by atoms with Gasteiger partial charge in [0.25, 0.3) is 0 Å². The fourth-order valence-electron chi connectivity index (χ4n) is 3.47. The second-order valence-corrected chi connectivity index (χ2v) is 9.10. The van der Waals surface area contributed by atoms with E-state index in [1.165, 1.54) is 64.2 Å². The molecule has 36 heavy (non-hydrogen) atoms. The van der Waals surface area contributed by atoms with E-state index in [1.807, 2.05) is 60.7 Å². The number of aliphatic carboxylic acids is 2. The average Bonchev–Trinajstić information content (AvgIpc) is 2.87. The SMILES string of the molecule is CCCCCCCCCCCC.N[C@@H](Cc1ccccc1)C(=O)O.N[C@@H](Cc1ccccc1)C(=O)O. The number of nitrogens with two attached hydrogens (primary N) is 2. The molecule has 0 aliphatic carbocycles. The minimum Gasteiger partial charge on any atom is -0.480 e. The van der Waals surface area contributed by atoms with Crippen molar-refractivity contribution in [1.29, 1.82) is 0 Å². The zero-order valence-corrected chi connectivity index (χ0v) is 22.3. The summed E-state index contributed by atoms with van der Waals surface area (Å²) in [5.74, 6) is -1.92. The molecule has 0 aliphatic rings. The van der Waals surface area contributed by atoms with Crippen LogP contribution in [0.5, 0.6) is 0 Å². The number of carbonyl (C=O) groups is 2. The lowest BCUT2D eigenvalue weighted by Crippen LogP contribution is -2.32. The number of benzene rings is 2. The molecule has 0 saturated carbocycles. The third kappa shape index (κ3) is 19.6. The van der Waals surface area contributed by atoms with Gasteiger partial charge in [-0.3, -0.25) is 9.59 Å². The Labute approximate surface area is 218 Å². The monoisotopic (exact) mass is 500 g/mol. The minimum atomic E-state index is -0.959. The molecule has 0 heterocycles. The summed E-state index contributed by atoms with van der Waals surface area (Å²) < 4.78 is 0. The number of hydrogen-bond acceptors (Lipinski definition) is 4. The van der Waals surface area contributed by atoms with E-state index < -0.39 is 24.0 Å². The smallest absolute Gasteiger partial charge is 0.320 e. The molecule has 0 spiro atoms. The molecule has 6 heteroatoms. The van der Waals surface area contributed by atoms with Crippen LogP contribution in [0.3, 0.4) is 0 Å². The third-order valence-corrected chi connectivity index (χ3v) is 5.69. The minimum absolute atomic E-state index is 0.385. The Morgan fingerprint density at radius 2 is 0.861 bits per heavy atom. The van der Waals surface area contributed by atoms with Gasteiger partial charge in [-0.15, -0.1) is 0 Å². The number of unbranched alkanes of at least 4 members (excludes halogenated alkanes) is 9. The van der Waals surface area contributed by atoms with E-state index >= 15 is 0 Å². The summed E-state index contributed by atoms with van der Waals surface area (Å²) in [4.78, 5) is 20.8. The lowest BCUT2D eigenvalue weighted by molar-refractivity contribution is -0.139. The zero-order chi connectivity index (χ0) is 27.0. The molecule has 0 unspecified atom stereocenters. The first-order chi connectivity index (χ1) is 17.3. The van der Waals surface area contributed by atoms with Gasteiger partial charge in [-0.05, 0) is 24.0 Å². The maximum atomic E-state index is 10.4. The fraction of sp³-hybridized carbons (Fsp3) is 0.533. The quantitative estimate of drug-likeness (QED) is 0.215. The van der Waals surface area contributed by atoms with Gasteiger partial charge in [0.2, 0.25) is 0 Å². The number of carboxylic acid groups (broad SMARTS) is 2. The summed E-state index contributed by atoms with van der Waals surface area (Å²) in [5, 5.41) is 17.0. The normalized spacial score (nSPS) is 11.8. The Morgan fingerprint density at radius 3 is 1.11 bits per heavy atom. The summed E-state index contributed by atoms with van der Waals surface area (Å²) in [6, 6.07) is 17.1. The molecule has 2 aromatic rings. The van der Waals surface area contributed by atoms with Gasteiger partial charge in [-0.25, -0.2) is 0 Å². The molecule has 0 aromatic heterocycles. The molecule has 202 valence electrons. The summed E-state index contributed by atoms with van der Waals surface area (Å²) in [6.07, 6.45) is 15.2. The van der Waals surface area contributed by atoms with Crippen molar-refractivity contribution in [3.63, 3.8) is 0 Å². The predicted molar refractivity (Wildman–Crippen MR) is 149 cm³/mol. The van der Waals surface area contributed by atoms with Crippen LogP contribution < -0.4 is 11.5 Å². The lowest BCUT2D eigenvalue weighted by Gasteiger charge is -2.04. The predicted octanol–water partition coefficient (Wildman–Crippen LogP) is 6.21. The van der Waals surface area contributed by atoms with Gasteiger partial charge >= 0.3 is 11.9 Å². The Bertz CT molecular complexity index is 717. The fourth-order valence-corrected chi connectivity index (χ4v) is 3.47. The molecular formula is C30H48N2O4. The van der Waals surface area contributed by atoms with Crippen molar-refractivity contribution in [2.75, 3.05) is 0 Å². The molecule has 6 N–H and O–H groups in total. The van der Waals surface area contributed by atoms with Gasteiger partial charge in [0.15, 0.2) is 0 Å². The summed E-state index contributed by atoms with van der Waals surface area (Å²) in [6.45, 7) is 4.56. The van der Waals surface area contributed by atoms with Crippen molar-refractivity contribution in [1.82, 2.24) is 0 Å². The van der Waals surface area contributed by atoms with Crippen LogP contribution in [0.15, 0.2) is 60.7 Å². The Hall–Kier alpha value is -2.70. The molecule has 0 aliphatic heterocycles. The summed E-state index contributed by atoms with van der Waals surface area (Å²) in [5.41, 5.74) is 12.6. The molecule has 2 atom stereocenters. The number of carboxylic acids is 2. The molecular weight excluding hydrogens is 452 g/mol. The maximum absolute atomic E-state index is 10.4.